The molecule has 0 saturated carbocycles. The summed E-state index contributed by atoms with van der Waals surface area (Å²) in [4.78, 5) is 12.1. The minimum Gasteiger partial charge on any atom is -0.508 e. The van der Waals surface area contributed by atoms with Crippen molar-refractivity contribution in [1.82, 2.24) is 1.33 Å². The molecule has 0 fully saturated rings. The molecule has 1 N–H and O–H groups in total. The summed E-state index contributed by atoms with van der Waals surface area (Å²) in [6.45, 7) is 0. The van der Waals surface area contributed by atoms with Crippen LogP contribution in [0.5, 0.6) is 17.2 Å². The van der Waals surface area contributed by atoms with Crippen molar-refractivity contribution < 1.29 is 19.4 Å². The molecule has 2 aromatic carbocycles. The number of carbonyl (C=O) groups excluding carboxylic acids is 1. The minimum atomic E-state index is -0.785. The lowest BCUT2D eigenvalue weighted by Gasteiger charge is -2.28. The van der Waals surface area contributed by atoms with Crippen molar-refractivity contribution in [2.75, 3.05) is 7.11 Å². The lowest BCUT2D eigenvalue weighted by atomic mass is 10.1. The van der Waals surface area contributed by atoms with E-state index >= 15 is 0 Å². The number of alkyl halides is 1. The Kier molecular flexibility index (Phi) is 7.37. The number of ether oxygens (including phenoxy) is 2. The second-order valence-electron chi connectivity index (χ2n) is 4.90. The van der Waals surface area contributed by atoms with Gasteiger partial charge in [-0.3, -0.25) is 0 Å². The fourth-order valence-electron chi connectivity index (χ4n) is 1.95. The quantitative estimate of drug-likeness (QED) is 0.154. The number of rotatable bonds is 6. The van der Waals surface area contributed by atoms with Crippen LogP contribution in [0.3, 0.4) is 0 Å². The molecule has 0 amide bonds. The van der Waals surface area contributed by atoms with Crippen molar-refractivity contribution in [3.8, 4) is 17.2 Å². The van der Waals surface area contributed by atoms with Gasteiger partial charge in [-0.2, -0.15) is 1.33 Å². The molecule has 8 heteroatoms. The second kappa shape index (κ2) is 8.85. The van der Waals surface area contributed by atoms with Crippen LogP contribution in [-0.2, 0) is 16.0 Å². The summed E-state index contributed by atoms with van der Waals surface area (Å²) in [5.74, 6) is 1.23. The van der Waals surface area contributed by atoms with E-state index in [1.54, 1.807) is 25.6 Å². The van der Waals surface area contributed by atoms with Crippen LogP contribution in [-0.4, -0.2) is 23.1 Å². The van der Waals surface area contributed by atoms with E-state index in [0.717, 1.165) is 5.56 Å². The molecular weight excluding hydrogens is 651 g/mol. The van der Waals surface area contributed by atoms with Crippen LogP contribution >= 0.6 is 68.3 Å². The summed E-state index contributed by atoms with van der Waals surface area (Å²) in [5.41, 5.74) is 0.992. The number of benzene rings is 2. The Bertz CT molecular complexity index is 691. The standard InChI is InChI=1S/C16H14I3NO4/c1-23-15(22)16(17,20(18)19)10-11-2-6-13(7-3-11)24-14-8-4-12(21)5-9-14/h2-9,21H,10H2,1H3/t16-/m0/s1. The Labute approximate surface area is 181 Å². The number of phenols is 1. The largest absolute Gasteiger partial charge is 0.508 e. The monoisotopic (exact) mass is 665 g/mol. The van der Waals surface area contributed by atoms with E-state index in [2.05, 4.69) is 68.3 Å². The third-order valence-electron chi connectivity index (χ3n) is 3.20. The summed E-state index contributed by atoms with van der Waals surface area (Å²) in [6, 6.07) is 14.1. The van der Waals surface area contributed by atoms with E-state index in [9.17, 15) is 9.90 Å². The predicted octanol–water partition coefficient (Wildman–Crippen LogP) is 5.03. The highest BCUT2D eigenvalue weighted by Gasteiger charge is 2.41. The van der Waals surface area contributed by atoms with Crippen LogP contribution in [0.25, 0.3) is 0 Å². The number of phenolic OH excluding ortho intramolecular Hbond substituents is 1. The van der Waals surface area contributed by atoms with Crippen LogP contribution in [0.1, 0.15) is 5.56 Å². The Morgan fingerprint density at radius 2 is 1.58 bits per heavy atom. The molecule has 0 aliphatic rings. The van der Waals surface area contributed by atoms with Gasteiger partial charge in [-0.15, -0.1) is 0 Å². The highest BCUT2D eigenvalue weighted by atomic mass is 127. The summed E-state index contributed by atoms with van der Waals surface area (Å²) in [7, 11) is 1.39. The fourth-order valence-corrected chi connectivity index (χ4v) is 3.35. The van der Waals surface area contributed by atoms with Gasteiger partial charge in [-0.05, 0) is 64.6 Å². The zero-order chi connectivity index (χ0) is 17.7. The zero-order valence-electron chi connectivity index (χ0n) is 12.6. The van der Waals surface area contributed by atoms with Crippen molar-refractivity contribution in [2.24, 2.45) is 0 Å². The molecular formula is C16H14I3NO4. The van der Waals surface area contributed by atoms with Gasteiger partial charge in [0.05, 0.1) is 7.11 Å². The average Bonchev–Trinajstić information content (AvgIpc) is 2.57. The predicted molar refractivity (Wildman–Crippen MR) is 117 cm³/mol. The van der Waals surface area contributed by atoms with Crippen LogP contribution in [0.15, 0.2) is 48.5 Å². The molecule has 2 aromatic rings. The van der Waals surface area contributed by atoms with Crippen molar-refractivity contribution in [2.45, 2.75) is 9.97 Å². The first-order valence-electron chi connectivity index (χ1n) is 6.80. The van der Waals surface area contributed by atoms with Crippen LogP contribution in [0.2, 0.25) is 0 Å². The second-order valence-corrected chi connectivity index (χ2v) is 10.5. The van der Waals surface area contributed by atoms with Gasteiger partial charge in [0.15, 0.2) is 3.55 Å². The first-order valence-corrected chi connectivity index (χ1v) is 9.81. The number of aromatic hydroxyl groups is 1. The maximum atomic E-state index is 12.1. The van der Waals surface area contributed by atoms with Gasteiger partial charge in [-0.25, -0.2) is 4.79 Å². The molecule has 128 valence electrons. The van der Waals surface area contributed by atoms with Gasteiger partial charge in [0.2, 0.25) is 0 Å². The third kappa shape index (κ3) is 5.08. The number of methoxy groups -OCH3 is 1. The van der Waals surface area contributed by atoms with Crippen LogP contribution in [0.4, 0.5) is 0 Å². The Balaban J connectivity index is 2.11. The molecule has 0 aliphatic heterocycles. The summed E-state index contributed by atoms with van der Waals surface area (Å²) < 4.78 is 11.6. The Morgan fingerprint density at radius 1 is 1.08 bits per heavy atom. The number of nitrogens with zero attached hydrogens (tertiary/aromatic N) is 1. The molecule has 2 rings (SSSR count). The topological polar surface area (TPSA) is 59.0 Å². The molecule has 0 spiro atoms. The number of hydrogen-bond acceptors (Lipinski definition) is 5. The van der Waals surface area contributed by atoms with E-state index in [-0.39, 0.29) is 11.7 Å². The van der Waals surface area contributed by atoms with Gasteiger partial charge < -0.3 is 14.6 Å². The van der Waals surface area contributed by atoms with Gasteiger partial charge in [0, 0.05) is 52.1 Å². The molecule has 24 heavy (non-hydrogen) atoms. The van der Waals surface area contributed by atoms with Gasteiger partial charge in [-0.1, -0.05) is 12.1 Å². The van der Waals surface area contributed by atoms with Gasteiger partial charge >= 0.3 is 5.97 Å². The van der Waals surface area contributed by atoms with Crippen molar-refractivity contribution in [3.63, 3.8) is 0 Å². The molecule has 0 aromatic heterocycles. The zero-order valence-corrected chi connectivity index (χ0v) is 19.1. The molecule has 0 heterocycles. The van der Waals surface area contributed by atoms with Crippen molar-refractivity contribution in [1.29, 1.82) is 0 Å². The van der Waals surface area contributed by atoms with E-state index in [0.29, 0.717) is 17.9 Å². The highest BCUT2D eigenvalue weighted by molar-refractivity contribution is 14.2. The smallest absolute Gasteiger partial charge is 0.338 e. The molecule has 0 bridgehead atoms. The molecule has 5 nitrogen and oxygen atoms in total. The third-order valence-corrected chi connectivity index (χ3v) is 8.00. The van der Waals surface area contributed by atoms with Gasteiger partial charge in [0.25, 0.3) is 0 Å². The summed E-state index contributed by atoms with van der Waals surface area (Å²) in [5, 5.41) is 9.28. The maximum Gasteiger partial charge on any atom is 0.338 e. The lowest BCUT2D eigenvalue weighted by Crippen LogP contribution is -2.42. The Morgan fingerprint density at radius 3 is 2.04 bits per heavy atom. The molecule has 0 unspecified atom stereocenters. The summed E-state index contributed by atoms with van der Waals surface area (Å²) >= 11 is 6.26. The molecule has 0 aliphatic carbocycles. The molecule has 1 atom stereocenters. The average molecular weight is 665 g/mol. The number of hydrogen-bond donors (Lipinski definition) is 1. The summed E-state index contributed by atoms with van der Waals surface area (Å²) in [6.07, 6.45) is 0.506. The number of halogens is 3. The normalized spacial score (nSPS) is 13.4. The van der Waals surface area contributed by atoms with E-state index in [1.807, 2.05) is 24.3 Å². The fraction of sp³-hybridized carbons (Fsp3) is 0.188. The van der Waals surface area contributed by atoms with E-state index in [4.69, 9.17) is 9.47 Å². The van der Waals surface area contributed by atoms with Gasteiger partial charge in [0.1, 0.15) is 17.2 Å². The maximum absolute atomic E-state index is 12.1. The van der Waals surface area contributed by atoms with Crippen LogP contribution < -0.4 is 4.74 Å². The molecule has 0 saturated heterocycles. The van der Waals surface area contributed by atoms with E-state index < -0.39 is 3.55 Å². The first kappa shape index (κ1) is 20.0. The molecule has 0 radical (unpaired) electrons. The first-order chi connectivity index (χ1) is 11.3. The van der Waals surface area contributed by atoms with Crippen molar-refractivity contribution >= 4 is 74.3 Å². The number of esters is 1. The van der Waals surface area contributed by atoms with Crippen LogP contribution in [0, 0.1) is 0 Å². The SMILES string of the molecule is COC(=O)[C@](I)(Cc1ccc(Oc2ccc(O)cc2)cc1)N(I)I. The minimum absolute atomic E-state index is 0.195. The Hall–Kier alpha value is -0.340. The highest BCUT2D eigenvalue weighted by Crippen LogP contribution is 2.36. The van der Waals surface area contributed by atoms with Crippen molar-refractivity contribution in [3.05, 3.63) is 54.1 Å². The van der Waals surface area contributed by atoms with E-state index in [1.165, 1.54) is 7.11 Å². The lowest BCUT2D eigenvalue weighted by molar-refractivity contribution is -0.144. The number of carbonyl (C=O) groups is 1.